The van der Waals surface area contributed by atoms with Gasteiger partial charge in [0, 0.05) is 22.6 Å². The minimum Gasteiger partial charge on any atom is -0.462 e. The maximum atomic E-state index is 13.6. The third kappa shape index (κ3) is 8.26. The van der Waals surface area contributed by atoms with Gasteiger partial charge in [-0.3, -0.25) is 19.2 Å². The summed E-state index contributed by atoms with van der Waals surface area (Å²) in [4.78, 5) is 66.6. The Hall–Kier alpha value is -5.48. The summed E-state index contributed by atoms with van der Waals surface area (Å²) in [5, 5.41) is 4.93. The number of esters is 1. The van der Waals surface area contributed by atoms with Gasteiger partial charge >= 0.3 is 5.97 Å². The van der Waals surface area contributed by atoms with Crippen LogP contribution in [-0.4, -0.2) is 41.5 Å². The fraction of sp³-hybridized carbons (Fsp3) is 0.184. The lowest BCUT2D eigenvalue weighted by molar-refractivity contribution is -0.121. The van der Waals surface area contributed by atoms with Crippen LogP contribution in [0.5, 0.6) is 0 Å². The monoisotopic (exact) mass is 661 g/mol. The first-order valence-corrected chi connectivity index (χ1v) is 16.4. The molecule has 0 saturated carbocycles. The van der Waals surface area contributed by atoms with Gasteiger partial charge < -0.3 is 15.4 Å². The normalized spacial score (nSPS) is 14.6. The van der Waals surface area contributed by atoms with Crippen LogP contribution in [0.15, 0.2) is 114 Å². The Morgan fingerprint density at radius 2 is 1.60 bits per heavy atom. The van der Waals surface area contributed by atoms with E-state index in [1.165, 1.54) is 23.9 Å². The Morgan fingerprint density at radius 1 is 0.896 bits per heavy atom. The molecule has 48 heavy (non-hydrogen) atoms. The van der Waals surface area contributed by atoms with Crippen molar-refractivity contribution >= 4 is 58.8 Å². The van der Waals surface area contributed by atoms with E-state index in [0.29, 0.717) is 33.3 Å². The van der Waals surface area contributed by atoms with Gasteiger partial charge in [0.2, 0.25) is 11.8 Å². The Bertz CT molecular complexity index is 1850. The molecule has 1 saturated heterocycles. The molecule has 1 aliphatic rings. The Kier molecular flexibility index (Phi) is 10.9. The summed E-state index contributed by atoms with van der Waals surface area (Å²) in [6.45, 7) is 6.15. The molecule has 1 aliphatic heterocycles. The molecule has 4 amide bonds. The first-order chi connectivity index (χ1) is 23.1. The molecular weight excluding hydrogens is 627 g/mol. The first kappa shape index (κ1) is 33.9. The molecule has 0 unspecified atom stereocenters. The number of benzene rings is 4. The molecule has 1 fully saturated rings. The van der Waals surface area contributed by atoms with Gasteiger partial charge in [0.1, 0.15) is 5.70 Å². The number of carbonyl (C=O) groups is 5. The standard InChI is InChI=1S/C38H35N3O6S/c1-4-47-38(46)28-17-19-30(20-18-28)41-34(42)23-33(37(41)45)48-31-12-8-11-29(22-31)39-36(44)32(40-35(43)27-9-6-5-7-10-27)21-25-13-15-26(16-14-25)24(2)3/h5-22,24,33H,4,23H2,1-3H3,(H,39,44)(H,40,43)/b32-21-/t33-/m1/s1. The van der Waals surface area contributed by atoms with Crippen molar-refractivity contribution in [1.29, 1.82) is 0 Å². The minimum absolute atomic E-state index is 0.00623. The lowest BCUT2D eigenvalue weighted by Crippen LogP contribution is -2.31. The van der Waals surface area contributed by atoms with Crippen molar-refractivity contribution in [3.63, 3.8) is 0 Å². The van der Waals surface area contributed by atoms with E-state index >= 15 is 0 Å². The molecule has 9 nitrogen and oxygen atoms in total. The molecule has 1 atom stereocenters. The van der Waals surface area contributed by atoms with E-state index in [-0.39, 0.29) is 30.5 Å². The maximum Gasteiger partial charge on any atom is 0.338 e. The number of ether oxygens (including phenoxy) is 1. The summed E-state index contributed by atoms with van der Waals surface area (Å²) in [5.41, 5.74) is 3.50. The van der Waals surface area contributed by atoms with Gasteiger partial charge in [0.15, 0.2) is 0 Å². The van der Waals surface area contributed by atoms with E-state index in [1.54, 1.807) is 79.7 Å². The Balaban J connectivity index is 1.30. The van der Waals surface area contributed by atoms with Crippen LogP contribution in [0.3, 0.4) is 0 Å². The lowest BCUT2D eigenvalue weighted by Gasteiger charge is -2.16. The zero-order chi connectivity index (χ0) is 34.2. The van der Waals surface area contributed by atoms with Gasteiger partial charge in [-0.15, -0.1) is 11.8 Å². The van der Waals surface area contributed by atoms with Crippen molar-refractivity contribution < 1.29 is 28.7 Å². The van der Waals surface area contributed by atoms with Crippen molar-refractivity contribution in [3.05, 3.63) is 131 Å². The molecular formula is C38H35N3O6S. The molecule has 0 radical (unpaired) electrons. The fourth-order valence-corrected chi connectivity index (χ4v) is 6.14. The van der Waals surface area contributed by atoms with Crippen LogP contribution < -0.4 is 15.5 Å². The highest BCUT2D eigenvalue weighted by atomic mass is 32.2. The molecule has 10 heteroatoms. The number of amides is 4. The van der Waals surface area contributed by atoms with Gasteiger partial charge in [-0.2, -0.15) is 0 Å². The van der Waals surface area contributed by atoms with Crippen LogP contribution in [0.1, 0.15) is 65.0 Å². The predicted molar refractivity (Wildman–Crippen MR) is 187 cm³/mol. The van der Waals surface area contributed by atoms with Gasteiger partial charge in [0.05, 0.1) is 23.1 Å². The summed E-state index contributed by atoms with van der Waals surface area (Å²) < 4.78 is 5.00. The quantitative estimate of drug-likeness (QED) is 0.103. The smallest absolute Gasteiger partial charge is 0.338 e. The van der Waals surface area contributed by atoms with E-state index < -0.39 is 23.0 Å². The molecule has 2 N–H and O–H groups in total. The van der Waals surface area contributed by atoms with Crippen LogP contribution >= 0.6 is 11.8 Å². The van der Waals surface area contributed by atoms with Crippen molar-refractivity contribution in [2.75, 3.05) is 16.8 Å². The number of hydrogen-bond donors (Lipinski definition) is 2. The van der Waals surface area contributed by atoms with Crippen molar-refractivity contribution in [2.45, 2.75) is 43.3 Å². The number of anilines is 2. The van der Waals surface area contributed by atoms with Gasteiger partial charge in [-0.25, -0.2) is 9.69 Å². The molecule has 0 spiro atoms. The molecule has 0 bridgehead atoms. The number of thioether (sulfide) groups is 1. The number of nitrogens with zero attached hydrogens (tertiary/aromatic N) is 1. The molecule has 244 valence electrons. The Labute approximate surface area is 283 Å². The van der Waals surface area contributed by atoms with E-state index in [4.69, 9.17) is 4.74 Å². The topological polar surface area (TPSA) is 122 Å². The minimum atomic E-state index is -0.678. The lowest BCUT2D eigenvalue weighted by atomic mass is 10.0. The predicted octanol–water partition coefficient (Wildman–Crippen LogP) is 6.82. The second-order valence-corrected chi connectivity index (χ2v) is 12.6. The Morgan fingerprint density at radius 3 is 2.27 bits per heavy atom. The number of hydrogen-bond acceptors (Lipinski definition) is 7. The van der Waals surface area contributed by atoms with E-state index in [0.717, 1.165) is 16.0 Å². The largest absolute Gasteiger partial charge is 0.462 e. The maximum absolute atomic E-state index is 13.6. The van der Waals surface area contributed by atoms with Gasteiger partial charge in [-0.1, -0.05) is 62.4 Å². The second-order valence-electron chi connectivity index (χ2n) is 11.3. The fourth-order valence-electron chi connectivity index (χ4n) is 5.02. The van der Waals surface area contributed by atoms with Crippen LogP contribution in [0.25, 0.3) is 6.08 Å². The number of nitrogens with one attached hydrogen (secondary N) is 2. The van der Waals surface area contributed by atoms with E-state index in [9.17, 15) is 24.0 Å². The summed E-state index contributed by atoms with van der Waals surface area (Å²) in [7, 11) is 0. The van der Waals surface area contributed by atoms with Crippen LogP contribution in [0.2, 0.25) is 0 Å². The second kappa shape index (κ2) is 15.4. The van der Waals surface area contributed by atoms with Gasteiger partial charge in [0.25, 0.3) is 11.8 Å². The summed E-state index contributed by atoms with van der Waals surface area (Å²) in [6.07, 6.45) is 1.61. The first-order valence-electron chi connectivity index (χ1n) is 15.5. The zero-order valence-corrected chi connectivity index (χ0v) is 27.6. The van der Waals surface area contributed by atoms with E-state index in [1.807, 2.05) is 24.3 Å². The average Bonchev–Trinajstić information content (AvgIpc) is 3.36. The molecule has 4 aromatic rings. The SMILES string of the molecule is CCOC(=O)c1ccc(N2C(=O)C[C@@H](Sc3cccc(NC(=O)/C(=C/c4ccc(C(C)C)cc4)NC(=O)c4ccccc4)c3)C2=O)cc1. The number of carbonyl (C=O) groups excluding carboxylic acids is 5. The zero-order valence-electron chi connectivity index (χ0n) is 26.8. The number of imide groups is 1. The van der Waals surface area contributed by atoms with Crippen molar-refractivity contribution in [2.24, 2.45) is 0 Å². The summed E-state index contributed by atoms with van der Waals surface area (Å²) in [5.74, 6) is -1.82. The molecule has 5 rings (SSSR count). The summed E-state index contributed by atoms with van der Waals surface area (Å²) in [6, 6.07) is 29.5. The molecule has 0 aliphatic carbocycles. The average molecular weight is 662 g/mol. The molecule has 4 aromatic carbocycles. The molecule has 1 heterocycles. The van der Waals surface area contributed by atoms with Crippen LogP contribution in [0.4, 0.5) is 11.4 Å². The highest BCUT2D eigenvalue weighted by Crippen LogP contribution is 2.35. The number of rotatable bonds is 11. The van der Waals surface area contributed by atoms with Gasteiger partial charge in [-0.05, 0) is 84.6 Å². The van der Waals surface area contributed by atoms with Crippen molar-refractivity contribution in [3.8, 4) is 0 Å². The van der Waals surface area contributed by atoms with Crippen LogP contribution in [-0.2, 0) is 19.1 Å². The third-order valence-corrected chi connectivity index (χ3v) is 8.73. The summed E-state index contributed by atoms with van der Waals surface area (Å²) >= 11 is 1.22. The molecule has 0 aromatic heterocycles. The van der Waals surface area contributed by atoms with Crippen LogP contribution in [0, 0.1) is 0 Å². The highest BCUT2D eigenvalue weighted by molar-refractivity contribution is 8.00. The highest BCUT2D eigenvalue weighted by Gasteiger charge is 2.40. The van der Waals surface area contributed by atoms with E-state index in [2.05, 4.69) is 24.5 Å². The third-order valence-electron chi connectivity index (χ3n) is 7.56. The van der Waals surface area contributed by atoms with Crippen molar-refractivity contribution in [1.82, 2.24) is 5.32 Å².